The number of nitrogens with one attached hydrogen (secondary N) is 1. The van der Waals surface area contributed by atoms with Gasteiger partial charge in [0.25, 0.3) is 0 Å². The molecule has 0 saturated heterocycles. The normalized spacial score (nSPS) is 10.7. The number of anilines is 3. The van der Waals surface area contributed by atoms with Crippen LogP contribution in [0.15, 0.2) is 41.2 Å². The zero-order valence-corrected chi connectivity index (χ0v) is 10.2. The van der Waals surface area contributed by atoms with Gasteiger partial charge in [-0.3, -0.25) is 4.98 Å². The number of rotatable bonds is 2. The lowest BCUT2D eigenvalue weighted by molar-refractivity contribution is 0.634. The molecule has 0 bridgehead atoms. The maximum atomic E-state index is 14.0. The van der Waals surface area contributed by atoms with Gasteiger partial charge in [0.2, 0.25) is 0 Å². The Morgan fingerprint density at radius 3 is 3.00 bits per heavy atom. The molecule has 3 N–H and O–H groups in total. The molecule has 2 heterocycles. The Morgan fingerprint density at radius 2 is 2.22 bits per heavy atom. The summed E-state index contributed by atoms with van der Waals surface area (Å²) in [4.78, 5) is 4.20. The first kappa shape index (κ1) is 11.0. The van der Waals surface area contributed by atoms with Gasteiger partial charge in [-0.05, 0) is 29.6 Å². The van der Waals surface area contributed by atoms with Crippen LogP contribution < -0.4 is 11.1 Å². The number of nitrogens with two attached hydrogens (primary N) is 1. The van der Waals surface area contributed by atoms with Gasteiger partial charge >= 0.3 is 0 Å². The van der Waals surface area contributed by atoms with E-state index in [1.54, 1.807) is 23.6 Å². The third-order valence-electron chi connectivity index (χ3n) is 2.67. The summed E-state index contributed by atoms with van der Waals surface area (Å²) >= 11 is 1.54. The van der Waals surface area contributed by atoms with Crippen LogP contribution in [0.25, 0.3) is 10.9 Å². The van der Waals surface area contributed by atoms with Gasteiger partial charge in [0, 0.05) is 28.3 Å². The zero-order valence-electron chi connectivity index (χ0n) is 9.35. The van der Waals surface area contributed by atoms with Crippen molar-refractivity contribution in [3.63, 3.8) is 0 Å². The van der Waals surface area contributed by atoms with Crippen molar-refractivity contribution in [3.05, 3.63) is 47.0 Å². The Bertz CT molecular complexity index is 695. The zero-order chi connectivity index (χ0) is 12.5. The number of nitrogen functional groups attached to an aromatic ring is 1. The molecule has 18 heavy (non-hydrogen) atoms. The minimum Gasteiger partial charge on any atom is -0.398 e. The first-order chi connectivity index (χ1) is 8.75. The predicted molar refractivity (Wildman–Crippen MR) is 73.7 cm³/mol. The van der Waals surface area contributed by atoms with E-state index in [9.17, 15) is 4.39 Å². The van der Waals surface area contributed by atoms with Gasteiger partial charge in [0.05, 0.1) is 5.52 Å². The van der Waals surface area contributed by atoms with Crippen molar-refractivity contribution in [2.24, 2.45) is 0 Å². The fraction of sp³-hybridized carbons (Fsp3) is 0. The van der Waals surface area contributed by atoms with Gasteiger partial charge in [0.1, 0.15) is 5.69 Å². The summed E-state index contributed by atoms with van der Waals surface area (Å²) < 4.78 is 14.0. The second kappa shape index (κ2) is 4.27. The molecule has 0 aliphatic rings. The summed E-state index contributed by atoms with van der Waals surface area (Å²) in [7, 11) is 0. The summed E-state index contributed by atoms with van der Waals surface area (Å²) in [6.45, 7) is 0. The molecule has 0 aliphatic carbocycles. The van der Waals surface area contributed by atoms with Crippen LogP contribution in [0.1, 0.15) is 0 Å². The van der Waals surface area contributed by atoms with E-state index in [1.165, 1.54) is 6.07 Å². The highest BCUT2D eigenvalue weighted by Gasteiger charge is 2.12. The minimum absolute atomic E-state index is 0.359. The summed E-state index contributed by atoms with van der Waals surface area (Å²) in [5, 5.41) is 7.62. The Labute approximate surface area is 107 Å². The van der Waals surface area contributed by atoms with E-state index in [-0.39, 0.29) is 0 Å². The van der Waals surface area contributed by atoms with Crippen molar-refractivity contribution in [1.82, 2.24) is 4.98 Å². The number of aromatic nitrogens is 1. The molecule has 0 atom stereocenters. The van der Waals surface area contributed by atoms with Gasteiger partial charge in [-0.25, -0.2) is 4.39 Å². The molecule has 0 fully saturated rings. The second-order valence-corrected chi connectivity index (χ2v) is 4.64. The second-order valence-electron chi connectivity index (χ2n) is 3.86. The first-order valence-electron chi connectivity index (χ1n) is 5.37. The molecule has 0 unspecified atom stereocenters. The molecule has 90 valence electrons. The van der Waals surface area contributed by atoms with Gasteiger partial charge in [-0.2, -0.15) is 11.3 Å². The lowest BCUT2D eigenvalue weighted by atomic mass is 10.1. The SMILES string of the molecule is Nc1cc(F)c(Nc2ccsc2)c2ncccc12. The van der Waals surface area contributed by atoms with Crippen molar-refractivity contribution in [1.29, 1.82) is 0 Å². The van der Waals surface area contributed by atoms with Crippen LogP contribution in [0.2, 0.25) is 0 Å². The lowest BCUT2D eigenvalue weighted by Crippen LogP contribution is -1.98. The summed E-state index contributed by atoms with van der Waals surface area (Å²) in [6, 6.07) is 6.81. The summed E-state index contributed by atoms with van der Waals surface area (Å²) in [5.41, 5.74) is 7.93. The standard InChI is InChI=1S/C13H10FN3S/c14-10-6-11(15)9-2-1-4-16-12(9)13(10)17-8-3-5-18-7-8/h1-7,17H,15H2. The molecule has 1 aromatic carbocycles. The van der Waals surface area contributed by atoms with Gasteiger partial charge in [-0.1, -0.05) is 0 Å². The fourth-order valence-electron chi connectivity index (χ4n) is 1.84. The smallest absolute Gasteiger partial charge is 0.150 e. The highest BCUT2D eigenvalue weighted by Crippen LogP contribution is 2.32. The van der Waals surface area contributed by atoms with Gasteiger partial charge < -0.3 is 11.1 Å². The van der Waals surface area contributed by atoms with Crippen LogP contribution >= 0.6 is 11.3 Å². The van der Waals surface area contributed by atoms with Crippen molar-refractivity contribution >= 4 is 39.3 Å². The monoisotopic (exact) mass is 259 g/mol. The number of benzene rings is 1. The van der Waals surface area contributed by atoms with E-state index in [0.717, 1.165) is 11.1 Å². The Morgan fingerprint density at radius 1 is 1.33 bits per heavy atom. The number of fused-ring (bicyclic) bond motifs is 1. The van der Waals surface area contributed by atoms with E-state index in [2.05, 4.69) is 10.3 Å². The average molecular weight is 259 g/mol. The number of nitrogens with zero attached hydrogens (tertiary/aromatic N) is 1. The number of pyridine rings is 1. The predicted octanol–water partition coefficient (Wildman–Crippen LogP) is 3.76. The van der Waals surface area contributed by atoms with E-state index in [1.807, 2.05) is 22.9 Å². The highest BCUT2D eigenvalue weighted by atomic mass is 32.1. The number of hydrogen-bond acceptors (Lipinski definition) is 4. The maximum Gasteiger partial charge on any atom is 0.150 e. The first-order valence-corrected chi connectivity index (χ1v) is 6.32. The molecule has 3 rings (SSSR count). The molecule has 5 heteroatoms. The van der Waals surface area contributed by atoms with Crippen molar-refractivity contribution in [2.45, 2.75) is 0 Å². The molecule has 3 nitrogen and oxygen atoms in total. The van der Waals surface area contributed by atoms with Crippen molar-refractivity contribution < 1.29 is 4.39 Å². The molecule has 2 aromatic heterocycles. The maximum absolute atomic E-state index is 14.0. The molecular formula is C13H10FN3S. The molecule has 0 spiro atoms. The van der Waals surface area contributed by atoms with Crippen LogP contribution in [0.4, 0.5) is 21.5 Å². The topological polar surface area (TPSA) is 50.9 Å². The fourth-order valence-corrected chi connectivity index (χ4v) is 2.42. The van der Waals surface area contributed by atoms with E-state index < -0.39 is 5.82 Å². The van der Waals surface area contributed by atoms with Gasteiger partial charge in [0.15, 0.2) is 5.82 Å². The van der Waals surface area contributed by atoms with Gasteiger partial charge in [-0.15, -0.1) is 0 Å². The average Bonchev–Trinajstić information content (AvgIpc) is 2.87. The third kappa shape index (κ3) is 1.78. The summed E-state index contributed by atoms with van der Waals surface area (Å²) in [5.74, 6) is -0.398. The molecule has 0 aliphatic heterocycles. The molecule has 0 amide bonds. The number of hydrogen-bond donors (Lipinski definition) is 2. The van der Waals surface area contributed by atoms with Crippen LogP contribution in [-0.4, -0.2) is 4.98 Å². The van der Waals surface area contributed by atoms with Crippen molar-refractivity contribution in [2.75, 3.05) is 11.1 Å². The van der Waals surface area contributed by atoms with Crippen LogP contribution in [0, 0.1) is 5.82 Å². The summed E-state index contributed by atoms with van der Waals surface area (Å²) in [6.07, 6.45) is 1.63. The van der Waals surface area contributed by atoms with E-state index in [4.69, 9.17) is 5.73 Å². The minimum atomic E-state index is -0.398. The third-order valence-corrected chi connectivity index (χ3v) is 3.35. The Hall–Kier alpha value is -2.14. The number of thiophene rings is 1. The van der Waals surface area contributed by atoms with Crippen LogP contribution in [-0.2, 0) is 0 Å². The Balaban J connectivity index is 2.21. The van der Waals surface area contributed by atoms with E-state index >= 15 is 0 Å². The Kier molecular flexibility index (Phi) is 2.60. The van der Waals surface area contributed by atoms with Crippen LogP contribution in [0.5, 0.6) is 0 Å². The molecule has 3 aromatic rings. The van der Waals surface area contributed by atoms with Crippen molar-refractivity contribution in [3.8, 4) is 0 Å². The highest BCUT2D eigenvalue weighted by molar-refractivity contribution is 7.08. The number of halogens is 1. The largest absolute Gasteiger partial charge is 0.398 e. The quantitative estimate of drug-likeness (QED) is 0.689. The molecule has 0 saturated carbocycles. The van der Waals surface area contributed by atoms with Crippen LogP contribution in [0.3, 0.4) is 0 Å². The molecular weight excluding hydrogens is 249 g/mol. The lowest BCUT2D eigenvalue weighted by Gasteiger charge is -2.10. The molecule has 0 radical (unpaired) electrons. The van der Waals surface area contributed by atoms with E-state index in [0.29, 0.717) is 16.9 Å².